The van der Waals surface area contributed by atoms with Crippen molar-refractivity contribution in [3.63, 3.8) is 0 Å². The summed E-state index contributed by atoms with van der Waals surface area (Å²) in [6.07, 6.45) is 0. The molecule has 0 bridgehead atoms. The fraction of sp³-hybridized carbons (Fsp3) is 0.133. The summed E-state index contributed by atoms with van der Waals surface area (Å²) in [5.74, 6) is -1.07. The largest absolute Gasteiger partial charge is 0.476 e. The lowest BCUT2D eigenvalue weighted by Gasteiger charge is -2.10. The van der Waals surface area contributed by atoms with Gasteiger partial charge in [0.1, 0.15) is 5.69 Å². The lowest BCUT2D eigenvalue weighted by Crippen LogP contribution is -2.04. The molecule has 0 spiro atoms. The van der Waals surface area contributed by atoms with E-state index in [0.717, 1.165) is 21.7 Å². The number of aromatic nitrogens is 3. The molecule has 0 aliphatic heterocycles. The lowest BCUT2D eigenvalue weighted by atomic mass is 10.1. The van der Waals surface area contributed by atoms with Gasteiger partial charge in [0.15, 0.2) is 5.69 Å². The minimum Gasteiger partial charge on any atom is -0.476 e. The van der Waals surface area contributed by atoms with E-state index in [1.807, 2.05) is 49.6 Å². The number of aromatic carboxylic acids is 1. The zero-order valence-corrected chi connectivity index (χ0v) is 12.4. The van der Waals surface area contributed by atoms with E-state index < -0.39 is 5.97 Å². The highest BCUT2D eigenvalue weighted by Gasteiger charge is 2.23. The quantitative estimate of drug-likeness (QED) is 0.805. The summed E-state index contributed by atoms with van der Waals surface area (Å²) in [7, 11) is 0. The van der Waals surface area contributed by atoms with Crippen LogP contribution in [-0.4, -0.2) is 26.1 Å². The maximum absolute atomic E-state index is 11.4. The van der Waals surface area contributed by atoms with Gasteiger partial charge in [-0.3, -0.25) is 0 Å². The number of aryl methyl sites for hydroxylation is 1. The van der Waals surface area contributed by atoms with Gasteiger partial charge < -0.3 is 5.11 Å². The number of carboxylic acid groups (broad SMARTS) is 1. The Morgan fingerprint density at radius 2 is 2.05 bits per heavy atom. The molecule has 0 atom stereocenters. The molecule has 0 fully saturated rings. The van der Waals surface area contributed by atoms with Crippen LogP contribution in [-0.2, 0) is 0 Å². The summed E-state index contributed by atoms with van der Waals surface area (Å²) in [6, 6.07) is 9.61. The smallest absolute Gasteiger partial charge is 0.358 e. The molecule has 6 heteroatoms. The first-order valence-corrected chi connectivity index (χ1v) is 7.27. The molecule has 2 heterocycles. The Morgan fingerprint density at radius 3 is 2.71 bits per heavy atom. The monoisotopic (exact) mass is 299 g/mol. The minimum atomic E-state index is -1.07. The number of hydrogen-bond acceptors (Lipinski definition) is 4. The first-order chi connectivity index (χ1) is 10.1. The Balaban J connectivity index is 2.29. The lowest BCUT2D eigenvalue weighted by molar-refractivity contribution is 0.0691. The van der Waals surface area contributed by atoms with Gasteiger partial charge in [-0.1, -0.05) is 23.4 Å². The van der Waals surface area contributed by atoms with Gasteiger partial charge in [0.2, 0.25) is 0 Å². The second-order valence-electron chi connectivity index (χ2n) is 4.70. The predicted molar refractivity (Wildman–Crippen MR) is 81.1 cm³/mol. The van der Waals surface area contributed by atoms with Crippen molar-refractivity contribution >= 4 is 17.3 Å². The van der Waals surface area contributed by atoms with Crippen LogP contribution in [0.25, 0.3) is 16.3 Å². The molecule has 5 nitrogen and oxygen atoms in total. The normalized spacial score (nSPS) is 10.8. The molecule has 0 saturated heterocycles. The third kappa shape index (κ3) is 2.23. The number of thiophene rings is 1. The molecule has 2 aromatic heterocycles. The van der Waals surface area contributed by atoms with Crippen LogP contribution >= 0.6 is 11.3 Å². The van der Waals surface area contributed by atoms with Crippen molar-refractivity contribution < 1.29 is 9.90 Å². The predicted octanol–water partition coefficient (Wildman–Crippen LogP) is 3.31. The van der Waals surface area contributed by atoms with Crippen molar-refractivity contribution in [2.75, 3.05) is 0 Å². The molecule has 0 saturated carbocycles. The first-order valence-electron chi connectivity index (χ1n) is 6.39. The molecule has 3 aromatic rings. The van der Waals surface area contributed by atoms with Crippen LogP contribution in [0.4, 0.5) is 0 Å². The van der Waals surface area contributed by atoms with Crippen LogP contribution in [0.15, 0.2) is 35.7 Å². The number of carbonyl (C=O) groups is 1. The van der Waals surface area contributed by atoms with E-state index >= 15 is 0 Å². The highest BCUT2D eigenvalue weighted by atomic mass is 32.1. The van der Waals surface area contributed by atoms with Gasteiger partial charge in [0.05, 0.1) is 10.6 Å². The topological polar surface area (TPSA) is 68.0 Å². The third-order valence-corrected chi connectivity index (χ3v) is 4.31. The van der Waals surface area contributed by atoms with E-state index in [1.54, 1.807) is 4.68 Å². The molecule has 106 valence electrons. The summed E-state index contributed by atoms with van der Waals surface area (Å²) < 4.78 is 1.61. The van der Waals surface area contributed by atoms with E-state index in [9.17, 15) is 9.90 Å². The molecule has 21 heavy (non-hydrogen) atoms. The highest BCUT2D eigenvalue weighted by molar-refractivity contribution is 7.13. The Morgan fingerprint density at radius 1 is 1.24 bits per heavy atom. The molecule has 0 aliphatic rings. The fourth-order valence-electron chi connectivity index (χ4n) is 2.19. The Kier molecular flexibility index (Phi) is 3.31. The van der Waals surface area contributed by atoms with Gasteiger partial charge in [-0.05, 0) is 42.5 Å². The third-order valence-electron chi connectivity index (χ3n) is 3.43. The molecule has 1 N–H and O–H groups in total. The standard InChI is InChI=1S/C15H13N3O2S/c1-9-5-3-6-11(10(9)2)18-14(12-7-4-8-21-12)13(15(19)20)16-17-18/h3-8H,1-2H3,(H,19,20). The summed E-state index contributed by atoms with van der Waals surface area (Å²) in [6.45, 7) is 4.00. The average Bonchev–Trinajstić information content (AvgIpc) is 3.09. The Labute approximate surface area is 125 Å². The van der Waals surface area contributed by atoms with Crippen molar-refractivity contribution in [2.24, 2.45) is 0 Å². The molecular weight excluding hydrogens is 286 g/mol. The van der Waals surface area contributed by atoms with E-state index in [1.165, 1.54) is 11.3 Å². The number of rotatable bonds is 3. The van der Waals surface area contributed by atoms with Crippen molar-refractivity contribution in [1.29, 1.82) is 0 Å². The van der Waals surface area contributed by atoms with E-state index in [4.69, 9.17) is 0 Å². The van der Waals surface area contributed by atoms with Crippen LogP contribution < -0.4 is 0 Å². The molecule has 0 radical (unpaired) electrons. The number of hydrogen-bond donors (Lipinski definition) is 1. The fourth-order valence-corrected chi connectivity index (χ4v) is 2.95. The second kappa shape index (κ2) is 5.14. The van der Waals surface area contributed by atoms with Crippen LogP contribution in [0, 0.1) is 13.8 Å². The van der Waals surface area contributed by atoms with Crippen molar-refractivity contribution in [3.05, 3.63) is 52.5 Å². The summed E-state index contributed by atoms with van der Waals surface area (Å²) in [5, 5.41) is 19.1. The first kappa shape index (κ1) is 13.5. The van der Waals surface area contributed by atoms with Crippen LogP contribution in [0.1, 0.15) is 21.6 Å². The van der Waals surface area contributed by atoms with Gasteiger partial charge in [0.25, 0.3) is 0 Å². The zero-order chi connectivity index (χ0) is 15.0. The van der Waals surface area contributed by atoms with E-state index in [-0.39, 0.29) is 5.69 Å². The zero-order valence-electron chi connectivity index (χ0n) is 11.6. The minimum absolute atomic E-state index is 0.0293. The molecule has 0 aliphatic carbocycles. The SMILES string of the molecule is Cc1cccc(-n2nnc(C(=O)O)c2-c2cccs2)c1C. The molecule has 1 aromatic carbocycles. The van der Waals surface area contributed by atoms with Gasteiger partial charge >= 0.3 is 5.97 Å². The molecule has 0 amide bonds. The molecular formula is C15H13N3O2S. The maximum Gasteiger partial charge on any atom is 0.358 e. The molecule has 3 rings (SSSR count). The average molecular weight is 299 g/mol. The van der Waals surface area contributed by atoms with Gasteiger partial charge in [0, 0.05) is 0 Å². The molecule has 0 unspecified atom stereocenters. The van der Waals surface area contributed by atoms with Crippen molar-refractivity contribution in [3.8, 4) is 16.3 Å². The van der Waals surface area contributed by atoms with Crippen LogP contribution in [0.5, 0.6) is 0 Å². The van der Waals surface area contributed by atoms with Crippen molar-refractivity contribution in [2.45, 2.75) is 13.8 Å². The van der Waals surface area contributed by atoms with Gasteiger partial charge in [-0.15, -0.1) is 16.4 Å². The Hall–Kier alpha value is -2.47. The van der Waals surface area contributed by atoms with Crippen LogP contribution in [0.2, 0.25) is 0 Å². The number of carboxylic acids is 1. The van der Waals surface area contributed by atoms with Gasteiger partial charge in [-0.25, -0.2) is 9.48 Å². The maximum atomic E-state index is 11.4. The number of benzene rings is 1. The van der Waals surface area contributed by atoms with Crippen molar-refractivity contribution in [1.82, 2.24) is 15.0 Å². The van der Waals surface area contributed by atoms with E-state index in [2.05, 4.69) is 10.3 Å². The second-order valence-corrected chi connectivity index (χ2v) is 5.65. The number of nitrogens with zero attached hydrogens (tertiary/aromatic N) is 3. The Bertz CT molecular complexity index is 806. The highest BCUT2D eigenvalue weighted by Crippen LogP contribution is 2.30. The van der Waals surface area contributed by atoms with Crippen LogP contribution in [0.3, 0.4) is 0 Å². The summed E-state index contributed by atoms with van der Waals surface area (Å²) in [5.41, 5.74) is 3.51. The van der Waals surface area contributed by atoms with E-state index in [0.29, 0.717) is 5.69 Å². The summed E-state index contributed by atoms with van der Waals surface area (Å²) in [4.78, 5) is 12.2. The summed E-state index contributed by atoms with van der Waals surface area (Å²) >= 11 is 1.47. The van der Waals surface area contributed by atoms with Gasteiger partial charge in [-0.2, -0.15) is 0 Å².